The van der Waals surface area contributed by atoms with E-state index in [1.54, 1.807) is 30.2 Å². The number of nitrogens with zero attached hydrogens (tertiary/aromatic N) is 4. The number of methoxy groups -OCH3 is 1. The van der Waals surface area contributed by atoms with Crippen molar-refractivity contribution in [3.8, 4) is 17.1 Å². The first-order valence-corrected chi connectivity index (χ1v) is 10.2. The van der Waals surface area contributed by atoms with Crippen LogP contribution in [0.1, 0.15) is 16.2 Å². The van der Waals surface area contributed by atoms with Crippen molar-refractivity contribution < 1.29 is 14.1 Å². The zero-order chi connectivity index (χ0) is 21.1. The molecular weight excluding hydrogens is 427 g/mol. The van der Waals surface area contributed by atoms with Crippen molar-refractivity contribution in [2.75, 3.05) is 33.3 Å². The molecule has 1 amide bonds. The maximum atomic E-state index is 12.7. The molecule has 7 nitrogen and oxygen atoms in total. The van der Waals surface area contributed by atoms with Gasteiger partial charge in [0.05, 0.1) is 24.2 Å². The number of amides is 1. The Morgan fingerprint density at radius 3 is 2.50 bits per heavy atom. The Balaban J connectivity index is 1.33. The molecule has 156 valence electrons. The first-order valence-electron chi connectivity index (χ1n) is 9.47. The molecule has 2 heterocycles. The minimum atomic E-state index is -0.0871. The Labute approximate surface area is 184 Å². The lowest BCUT2D eigenvalue weighted by Crippen LogP contribution is -2.48. The van der Waals surface area contributed by atoms with E-state index in [2.05, 4.69) is 15.0 Å². The largest absolute Gasteiger partial charge is 0.497 e. The third kappa shape index (κ3) is 4.59. The van der Waals surface area contributed by atoms with Crippen LogP contribution in [0.4, 0.5) is 0 Å². The normalized spacial score (nSPS) is 14.7. The number of piperazine rings is 1. The maximum absolute atomic E-state index is 12.7. The molecule has 0 saturated carbocycles. The fourth-order valence-electron chi connectivity index (χ4n) is 3.31. The van der Waals surface area contributed by atoms with Gasteiger partial charge in [-0.1, -0.05) is 28.4 Å². The lowest BCUT2D eigenvalue weighted by Gasteiger charge is -2.34. The zero-order valence-electron chi connectivity index (χ0n) is 16.3. The molecule has 1 saturated heterocycles. The molecule has 9 heteroatoms. The number of hydrogen-bond donors (Lipinski definition) is 0. The standard InChI is InChI=1S/C21H20Cl2N4O3/c1-29-16-5-2-14(3-6-16)20-24-19(30-25-20)13-26-8-10-27(11-9-26)21(28)17-7-4-15(22)12-18(17)23/h2-7,12H,8-11,13H2,1H3. The molecule has 0 atom stereocenters. The summed E-state index contributed by atoms with van der Waals surface area (Å²) >= 11 is 12.1. The SMILES string of the molecule is COc1ccc(-c2noc(CN3CCN(C(=O)c4ccc(Cl)cc4Cl)CC3)n2)cc1. The van der Waals surface area contributed by atoms with Gasteiger partial charge in [0.1, 0.15) is 5.75 Å². The first kappa shape index (κ1) is 20.7. The van der Waals surface area contributed by atoms with Crippen molar-refractivity contribution in [2.24, 2.45) is 0 Å². The van der Waals surface area contributed by atoms with E-state index in [4.69, 9.17) is 32.5 Å². The molecule has 0 spiro atoms. The number of hydrogen-bond acceptors (Lipinski definition) is 6. The van der Waals surface area contributed by atoms with Crippen molar-refractivity contribution in [3.63, 3.8) is 0 Å². The number of ether oxygens (including phenoxy) is 1. The second-order valence-corrected chi connectivity index (χ2v) is 7.78. The van der Waals surface area contributed by atoms with Crippen LogP contribution in [-0.4, -0.2) is 59.1 Å². The topological polar surface area (TPSA) is 71.7 Å². The molecule has 1 fully saturated rings. The average Bonchev–Trinajstić information content (AvgIpc) is 3.22. The summed E-state index contributed by atoms with van der Waals surface area (Å²) in [5.74, 6) is 1.77. The van der Waals surface area contributed by atoms with Gasteiger partial charge < -0.3 is 14.2 Å². The van der Waals surface area contributed by atoms with Crippen molar-refractivity contribution in [1.29, 1.82) is 0 Å². The second-order valence-electron chi connectivity index (χ2n) is 6.93. The highest BCUT2D eigenvalue weighted by atomic mass is 35.5. The fourth-order valence-corrected chi connectivity index (χ4v) is 3.80. The van der Waals surface area contributed by atoms with Gasteiger partial charge in [0.2, 0.25) is 11.7 Å². The molecule has 3 aromatic rings. The van der Waals surface area contributed by atoms with E-state index in [1.807, 2.05) is 24.3 Å². The Hall–Kier alpha value is -2.61. The van der Waals surface area contributed by atoms with Crippen LogP contribution < -0.4 is 4.74 Å². The van der Waals surface area contributed by atoms with Crippen LogP contribution in [-0.2, 0) is 6.54 Å². The van der Waals surface area contributed by atoms with E-state index >= 15 is 0 Å². The smallest absolute Gasteiger partial charge is 0.255 e. The number of aromatic nitrogens is 2. The molecule has 1 aliphatic heterocycles. The third-order valence-corrected chi connectivity index (χ3v) is 5.54. The molecule has 0 radical (unpaired) electrons. The predicted molar refractivity (Wildman–Crippen MR) is 114 cm³/mol. The van der Waals surface area contributed by atoms with Crippen LogP contribution in [0, 0.1) is 0 Å². The lowest BCUT2D eigenvalue weighted by atomic mass is 10.2. The molecule has 0 aliphatic carbocycles. The number of benzene rings is 2. The van der Waals surface area contributed by atoms with Gasteiger partial charge in [-0.3, -0.25) is 9.69 Å². The summed E-state index contributed by atoms with van der Waals surface area (Å²) in [5.41, 5.74) is 1.33. The van der Waals surface area contributed by atoms with E-state index in [0.717, 1.165) is 11.3 Å². The summed E-state index contributed by atoms with van der Waals surface area (Å²) in [4.78, 5) is 21.2. The molecular formula is C21H20Cl2N4O3. The minimum Gasteiger partial charge on any atom is -0.497 e. The van der Waals surface area contributed by atoms with Crippen LogP contribution in [0.25, 0.3) is 11.4 Å². The summed E-state index contributed by atoms with van der Waals surface area (Å²) in [7, 11) is 1.62. The number of carbonyl (C=O) groups is 1. The summed E-state index contributed by atoms with van der Waals surface area (Å²) in [5, 5.41) is 4.94. The van der Waals surface area contributed by atoms with Crippen LogP contribution in [0.5, 0.6) is 5.75 Å². The molecule has 1 aliphatic rings. The summed E-state index contributed by atoms with van der Waals surface area (Å²) in [6, 6.07) is 12.4. The van der Waals surface area contributed by atoms with E-state index in [0.29, 0.717) is 60.0 Å². The van der Waals surface area contributed by atoms with Crippen LogP contribution in [0.15, 0.2) is 47.0 Å². The van der Waals surface area contributed by atoms with Crippen LogP contribution in [0.2, 0.25) is 10.0 Å². The molecule has 1 aromatic heterocycles. The molecule has 4 rings (SSSR count). The summed E-state index contributed by atoms with van der Waals surface area (Å²) in [6.45, 7) is 3.13. The number of halogens is 2. The molecule has 0 unspecified atom stereocenters. The van der Waals surface area contributed by atoms with Gasteiger partial charge in [-0.25, -0.2) is 0 Å². The van der Waals surface area contributed by atoms with Crippen LogP contribution in [0.3, 0.4) is 0 Å². The van der Waals surface area contributed by atoms with Gasteiger partial charge in [0.25, 0.3) is 5.91 Å². The lowest BCUT2D eigenvalue weighted by molar-refractivity contribution is 0.0615. The van der Waals surface area contributed by atoms with Crippen molar-refractivity contribution in [3.05, 3.63) is 64.0 Å². The van der Waals surface area contributed by atoms with Gasteiger partial charge in [-0.15, -0.1) is 0 Å². The molecule has 0 N–H and O–H groups in total. The Morgan fingerprint density at radius 1 is 1.10 bits per heavy atom. The minimum absolute atomic E-state index is 0.0871. The zero-order valence-corrected chi connectivity index (χ0v) is 17.9. The van der Waals surface area contributed by atoms with E-state index in [9.17, 15) is 4.79 Å². The van der Waals surface area contributed by atoms with Gasteiger partial charge in [0.15, 0.2) is 0 Å². The highest BCUT2D eigenvalue weighted by molar-refractivity contribution is 6.36. The summed E-state index contributed by atoms with van der Waals surface area (Å²) < 4.78 is 10.6. The summed E-state index contributed by atoms with van der Waals surface area (Å²) in [6.07, 6.45) is 0. The van der Waals surface area contributed by atoms with Crippen LogP contribution >= 0.6 is 23.2 Å². The Morgan fingerprint density at radius 2 is 1.83 bits per heavy atom. The van der Waals surface area contributed by atoms with Gasteiger partial charge >= 0.3 is 0 Å². The van der Waals surface area contributed by atoms with Gasteiger partial charge in [-0.2, -0.15) is 4.98 Å². The first-order chi connectivity index (χ1) is 14.5. The highest BCUT2D eigenvalue weighted by Crippen LogP contribution is 2.23. The van der Waals surface area contributed by atoms with E-state index in [-0.39, 0.29) is 5.91 Å². The molecule has 0 bridgehead atoms. The quantitative estimate of drug-likeness (QED) is 0.589. The monoisotopic (exact) mass is 446 g/mol. The number of rotatable bonds is 5. The Kier molecular flexibility index (Phi) is 6.22. The van der Waals surface area contributed by atoms with Crippen molar-refractivity contribution in [1.82, 2.24) is 19.9 Å². The molecule has 2 aromatic carbocycles. The predicted octanol–water partition coefficient (Wildman–Crippen LogP) is 4.01. The highest BCUT2D eigenvalue weighted by Gasteiger charge is 2.24. The van der Waals surface area contributed by atoms with E-state index in [1.165, 1.54) is 0 Å². The fraction of sp³-hybridized carbons (Fsp3) is 0.286. The third-order valence-electron chi connectivity index (χ3n) is 5.00. The average molecular weight is 447 g/mol. The van der Waals surface area contributed by atoms with Crippen molar-refractivity contribution >= 4 is 29.1 Å². The Bertz CT molecular complexity index is 1030. The van der Waals surface area contributed by atoms with Crippen molar-refractivity contribution in [2.45, 2.75) is 6.54 Å². The second kappa shape index (κ2) is 9.04. The van der Waals surface area contributed by atoms with Gasteiger partial charge in [0, 0.05) is 36.8 Å². The number of carbonyl (C=O) groups excluding carboxylic acids is 1. The maximum Gasteiger partial charge on any atom is 0.255 e. The molecule has 30 heavy (non-hydrogen) atoms. The van der Waals surface area contributed by atoms with Gasteiger partial charge in [-0.05, 0) is 42.5 Å². The van der Waals surface area contributed by atoms with E-state index < -0.39 is 0 Å².